The third kappa shape index (κ3) is 7.32. The minimum absolute atomic E-state index is 0.0994. The molecular formula is C15H28N2O4. The number of rotatable bonds is 4. The average Bonchev–Trinajstić information content (AvgIpc) is 2.47. The van der Waals surface area contributed by atoms with Crippen molar-refractivity contribution in [1.82, 2.24) is 10.2 Å². The number of alkyl carbamates (subject to hydrolysis) is 1. The summed E-state index contributed by atoms with van der Waals surface area (Å²) in [4.78, 5) is 24.9. The quantitative estimate of drug-likeness (QED) is 0.829. The van der Waals surface area contributed by atoms with Crippen LogP contribution in [0, 0.1) is 11.8 Å². The van der Waals surface area contributed by atoms with Gasteiger partial charge in [0, 0.05) is 13.0 Å². The summed E-state index contributed by atoms with van der Waals surface area (Å²) in [6, 6.07) is 0. The van der Waals surface area contributed by atoms with Crippen LogP contribution in [0.15, 0.2) is 0 Å². The number of nitrogens with one attached hydrogen (secondary N) is 1. The van der Waals surface area contributed by atoms with E-state index >= 15 is 0 Å². The van der Waals surface area contributed by atoms with Crippen LogP contribution in [0.2, 0.25) is 0 Å². The molecule has 0 unspecified atom stereocenters. The van der Waals surface area contributed by atoms with Gasteiger partial charge in [0.2, 0.25) is 0 Å². The molecule has 1 aliphatic heterocycles. The number of carboxylic acid groups (broad SMARTS) is 1. The fourth-order valence-corrected chi connectivity index (χ4v) is 2.65. The summed E-state index contributed by atoms with van der Waals surface area (Å²) < 4.78 is 5.22. The van der Waals surface area contributed by atoms with E-state index in [1.165, 1.54) is 0 Å². The zero-order valence-corrected chi connectivity index (χ0v) is 13.5. The van der Waals surface area contributed by atoms with Gasteiger partial charge in [-0.2, -0.15) is 0 Å². The van der Waals surface area contributed by atoms with E-state index in [4.69, 9.17) is 9.84 Å². The highest BCUT2D eigenvalue weighted by Crippen LogP contribution is 2.26. The highest BCUT2D eigenvalue weighted by Gasteiger charge is 2.28. The van der Waals surface area contributed by atoms with Crippen molar-refractivity contribution in [1.29, 1.82) is 0 Å². The summed E-state index contributed by atoms with van der Waals surface area (Å²) in [7, 11) is 2.04. The van der Waals surface area contributed by atoms with Crippen LogP contribution in [0.3, 0.4) is 0 Å². The Hall–Kier alpha value is -1.30. The molecule has 0 spiro atoms. The average molecular weight is 300 g/mol. The van der Waals surface area contributed by atoms with E-state index in [-0.39, 0.29) is 18.3 Å². The number of carbonyl (C=O) groups is 2. The largest absolute Gasteiger partial charge is 0.481 e. The Kier molecular flexibility index (Phi) is 6.45. The molecule has 21 heavy (non-hydrogen) atoms. The molecule has 0 aromatic heterocycles. The molecule has 2 atom stereocenters. The second-order valence-corrected chi connectivity index (χ2v) is 6.88. The highest BCUT2D eigenvalue weighted by atomic mass is 16.6. The lowest BCUT2D eigenvalue weighted by Gasteiger charge is -2.25. The van der Waals surface area contributed by atoms with Crippen LogP contribution in [-0.2, 0) is 9.53 Å². The minimum atomic E-state index is -0.771. The van der Waals surface area contributed by atoms with Gasteiger partial charge in [-0.3, -0.25) is 4.79 Å². The van der Waals surface area contributed by atoms with Gasteiger partial charge in [-0.1, -0.05) is 0 Å². The molecule has 0 bridgehead atoms. The lowest BCUT2D eigenvalue weighted by molar-refractivity contribution is -0.138. The summed E-state index contributed by atoms with van der Waals surface area (Å²) in [5.74, 6) is -0.493. The lowest BCUT2D eigenvalue weighted by atomic mass is 9.85. The molecule has 0 saturated carbocycles. The molecule has 1 heterocycles. The normalized spacial score (nSPS) is 24.2. The first-order valence-corrected chi connectivity index (χ1v) is 7.54. The van der Waals surface area contributed by atoms with E-state index in [9.17, 15) is 9.59 Å². The standard InChI is InChI=1S/C15H28N2O4/c1-15(2,3)21-14(20)16-10-12-6-8-17(4)7-5-11(12)9-13(18)19/h11-12H,5-10H2,1-4H3,(H,16,20)(H,18,19)/t11-,12-/m0/s1. The number of hydrogen-bond donors (Lipinski definition) is 2. The monoisotopic (exact) mass is 300 g/mol. The molecule has 6 nitrogen and oxygen atoms in total. The van der Waals surface area contributed by atoms with Crippen molar-refractivity contribution in [3.8, 4) is 0 Å². The van der Waals surface area contributed by atoms with Gasteiger partial charge in [0.15, 0.2) is 0 Å². The summed E-state index contributed by atoms with van der Waals surface area (Å²) in [6.07, 6.45) is 1.47. The maximum atomic E-state index is 11.7. The number of carboxylic acids is 1. The number of amides is 1. The minimum Gasteiger partial charge on any atom is -0.481 e. The Labute approximate surface area is 126 Å². The fraction of sp³-hybridized carbons (Fsp3) is 0.867. The van der Waals surface area contributed by atoms with Crippen LogP contribution < -0.4 is 5.32 Å². The maximum absolute atomic E-state index is 11.7. The first-order chi connectivity index (χ1) is 9.67. The van der Waals surface area contributed by atoms with E-state index in [1.807, 2.05) is 27.8 Å². The maximum Gasteiger partial charge on any atom is 0.407 e. The molecule has 1 rings (SSSR count). The van der Waals surface area contributed by atoms with Crippen molar-refractivity contribution in [2.24, 2.45) is 11.8 Å². The smallest absolute Gasteiger partial charge is 0.407 e. The number of ether oxygens (including phenoxy) is 1. The van der Waals surface area contributed by atoms with Gasteiger partial charge in [0.05, 0.1) is 0 Å². The van der Waals surface area contributed by atoms with Crippen molar-refractivity contribution >= 4 is 12.1 Å². The summed E-state index contributed by atoms with van der Waals surface area (Å²) in [6.45, 7) is 7.76. The number of aliphatic carboxylic acids is 1. The predicted octanol–water partition coefficient (Wildman–Crippen LogP) is 1.94. The van der Waals surface area contributed by atoms with Gasteiger partial charge in [-0.05, 0) is 65.6 Å². The first kappa shape index (κ1) is 17.8. The summed E-state index contributed by atoms with van der Waals surface area (Å²) in [5, 5.41) is 11.8. The van der Waals surface area contributed by atoms with Crippen molar-refractivity contribution in [2.75, 3.05) is 26.7 Å². The van der Waals surface area contributed by atoms with Crippen LogP contribution >= 0.6 is 0 Å². The van der Waals surface area contributed by atoms with Crippen molar-refractivity contribution in [3.05, 3.63) is 0 Å². The van der Waals surface area contributed by atoms with E-state index in [2.05, 4.69) is 10.2 Å². The summed E-state index contributed by atoms with van der Waals surface area (Å²) >= 11 is 0. The van der Waals surface area contributed by atoms with Gasteiger partial charge in [-0.15, -0.1) is 0 Å². The molecule has 6 heteroatoms. The molecule has 1 saturated heterocycles. The van der Waals surface area contributed by atoms with Crippen molar-refractivity contribution < 1.29 is 19.4 Å². The Bertz CT molecular complexity index is 365. The second-order valence-electron chi connectivity index (χ2n) is 6.88. The Morgan fingerprint density at radius 3 is 2.33 bits per heavy atom. The Morgan fingerprint density at radius 2 is 1.81 bits per heavy atom. The predicted molar refractivity (Wildman–Crippen MR) is 80.2 cm³/mol. The second kappa shape index (κ2) is 7.64. The number of carbonyl (C=O) groups excluding carboxylic acids is 1. The number of likely N-dealkylation sites (tertiary alicyclic amines) is 1. The van der Waals surface area contributed by atoms with Crippen LogP contribution in [0.4, 0.5) is 4.79 Å². The molecule has 122 valence electrons. The lowest BCUT2D eigenvalue weighted by Crippen LogP contribution is -2.37. The fourth-order valence-electron chi connectivity index (χ4n) is 2.65. The molecular weight excluding hydrogens is 272 g/mol. The van der Waals surface area contributed by atoms with Crippen molar-refractivity contribution in [3.63, 3.8) is 0 Å². The molecule has 2 N–H and O–H groups in total. The van der Waals surface area contributed by atoms with E-state index in [0.29, 0.717) is 6.54 Å². The van der Waals surface area contributed by atoms with Gasteiger partial charge in [0.1, 0.15) is 5.60 Å². The van der Waals surface area contributed by atoms with Gasteiger partial charge in [-0.25, -0.2) is 4.79 Å². The van der Waals surface area contributed by atoms with E-state index in [0.717, 1.165) is 25.9 Å². The Balaban J connectivity index is 2.54. The molecule has 0 aromatic rings. The zero-order valence-electron chi connectivity index (χ0n) is 13.5. The van der Waals surface area contributed by atoms with Crippen LogP contribution in [0.5, 0.6) is 0 Å². The van der Waals surface area contributed by atoms with Gasteiger partial charge in [0.25, 0.3) is 0 Å². The third-order valence-electron chi connectivity index (χ3n) is 3.77. The number of hydrogen-bond acceptors (Lipinski definition) is 4. The molecule has 1 amide bonds. The van der Waals surface area contributed by atoms with Gasteiger partial charge >= 0.3 is 12.1 Å². The van der Waals surface area contributed by atoms with Crippen LogP contribution in [0.25, 0.3) is 0 Å². The Morgan fingerprint density at radius 1 is 1.24 bits per heavy atom. The SMILES string of the molecule is CN1CC[C@@H](CNC(=O)OC(C)(C)C)[C@H](CC(=O)O)CC1. The summed E-state index contributed by atoms with van der Waals surface area (Å²) in [5.41, 5.74) is -0.520. The topological polar surface area (TPSA) is 78.9 Å². The molecule has 1 aliphatic rings. The van der Waals surface area contributed by atoms with Crippen molar-refractivity contribution in [2.45, 2.75) is 45.6 Å². The molecule has 0 aromatic carbocycles. The van der Waals surface area contributed by atoms with Crippen LogP contribution in [-0.4, -0.2) is 54.4 Å². The first-order valence-electron chi connectivity index (χ1n) is 7.54. The third-order valence-corrected chi connectivity index (χ3v) is 3.77. The molecule has 0 aliphatic carbocycles. The highest BCUT2D eigenvalue weighted by molar-refractivity contribution is 5.68. The van der Waals surface area contributed by atoms with Gasteiger partial charge < -0.3 is 20.1 Å². The van der Waals surface area contributed by atoms with E-state index < -0.39 is 17.7 Å². The molecule has 0 radical (unpaired) electrons. The van der Waals surface area contributed by atoms with Crippen LogP contribution in [0.1, 0.15) is 40.0 Å². The van der Waals surface area contributed by atoms with E-state index in [1.54, 1.807) is 0 Å². The molecule has 1 fully saturated rings. The zero-order chi connectivity index (χ0) is 16.0. The number of nitrogens with zero attached hydrogens (tertiary/aromatic N) is 1.